The number of anilines is 2. The van der Waals surface area contributed by atoms with Gasteiger partial charge in [-0.1, -0.05) is 25.9 Å². The minimum atomic E-state index is -0.739. The zero-order chi connectivity index (χ0) is 30.3. The predicted octanol–water partition coefficient (Wildman–Crippen LogP) is 4.08. The molecule has 0 spiro atoms. The van der Waals surface area contributed by atoms with Gasteiger partial charge in [-0.05, 0) is 42.2 Å². The number of nitrogens with zero attached hydrogens (tertiary/aromatic N) is 6. The first-order chi connectivity index (χ1) is 19.8. The molecule has 0 unspecified atom stereocenters. The Morgan fingerprint density at radius 2 is 1.90 bits per heavy atom. The van der Waals surface area contributed by atoms with Crippen LogP contribution in [0.15, 0.2) is 56.8 Å². The summed E-state index contributed by atoms with van der Waals surface area (Å²) in [6.45, 7) is 8.48. The number of nitrogens with one attached hydrogen (secondary N) is 1. The van der Waals surface area contributed by atoms with E-state index in [0.717, 1.165) is 9.36 Å². The number of ether oxygens (including phenoxy) is 1. The van der Waals surface area contributed by atoms with Crippen molar-refractivity contribution in [2.45, 2.75) is 46.6 Å². The summed E-state index contributed by atoms with van der Waals surface area (Å²) in [6.07, 6.45) is 2.81. The van der Waals surface area contributed by atoms with E-state index in [-0.39, 0.29) is 34.5 Å². The highest BCUT2D eigenvalue weighted by molar-refractivity contribution is 5.83. The van der Waals surface area contributed by atoms with Gasteiger partial charge in [0.05, 0.1) is 17.3 Å². The second kappa shape index (κ2) is 10.7. The zero-order valence-electron chi connectivity index (χ0n) is 23.9. The molecule has 1 N–H and O–H groups in total. The minimum absolute atomic E-state index is 0.0113. The molecule has 5 rings (SSSR count). The van der Waals surface area contributed by atoms with E-state index in [1.54, 1.807) is 25.1 Å². The summed E-state index contributed by atoms with van der Waals surface area (Å²) in [7, 11) is 1.48. The molecular formula is C29H28FN7O5. The predicted molar refractivity (Wildman–Crippen MR) is 152 cm³/mol. The quantitative estimate of drug-likeness (QED) is 0.295. The topological polar surface area (TPSA) is 147 Å². The van der Waals surface area contributed by atoms with Gasteiger partial charge in [0.25, 0.3) is 11.1 Å². The molecule has 0 saturated heterocycles. The van der Waals surface area contributed by atoms with Crippen LogP contribution in [0.3, 0.4) is 0 Å². The monoisotopic (exact) mass is 573 g/mol. The number of benzene rings is 1. The molecule has 0 amide bonds. The van der Waals surface area contributed by atoms with E-state index in [1.807, 2.05) is 20.8 Å². The van der Waals surface area contributed by atoms with Gasteiger partial charge >= 0.3 is 5.97 Å². The van der Waals surface area contributed by atoms with Gasteiger partial charge in [0.15, 0.2) is 11.6 Å². The molecule has 0 aliphatic rings. The van der Waals surface area contributed by atoms with Crippen LogP contribution in [0, 0.1) is 12.7 Å². The van der Waals surface area contributed by atoms with Gasteiger partial charge in [-0.25, -0.2) is 14.1 Å². The van der Waals surface area contributed by atoms with Gasteiger partial charge in [0, 0.05) is 42.7 Å². The Labute approximate surface area is 238 Å². The Hall–Kier alpha value is -5.20. The summed E-state index contributed by atoms with van der Waals surface area (Å²) in [5.74, 6) is -0.383. The maximum Gasteiger partial charge on any atom is 0.302 e. The molecule has 5 aromatic rings. The molecule has 13 heteroatoms. The molecule has 0 atom stereocenters. The molecule has 0 aliphatic heterocycles. The third-order valence-electron chi connectivity index (χ3n) is 6.59. The highest BCUT2D eigenvalue weighted by Crippen LogP contribution is 2.29. The first-order valence-electron chi connectivity index (χ1n) is 13.0. The van der Waals surface area contributed by atoms with Crippen molar-refractivity contribution in [2.24, 2.45) is 7.05 Å². The number of carbonyl (C=O) groups is 1. The van der Waals surface area contributed by atoms with Crippen LogP contribution in [0.5, 0.6) is 0 Å². The van der Waals surface area contributed by atoms with Crippen LogP contribution >= 0.6 is 0 Å². The van der Waals surface area contributed by atoms with E-state index in [4.69, 9.17) is 9.26 Å². The van der Waals surface area contributed by atoms with Gasteiger partial charge in [0.2, 0.25) is 0 Å². The molecule has 0 radical (unpaired) electrons. The number of carbonyl (C=O) groups excluding carboxylic acids is 1. The van der Waals surface area contributed by atoms with E-state index >= 15 is 4.39 Å². The third-order valence-corrected chi connectivity index (χ3v) is 6.59. The van der Waals surface area contributed by atoms with Crippen molar-refractivity contribution in [3.05, 3.63) is 86.1 Å². The normalized spacial score (nSPS) is 11.6. The lowest BCUT2D eigenvalue weighted by Crippen LogP contribution is -2.25. The Morgan fingerprint density at radius 3 is 2.57 bits per heavy atom. The van der Waals surface area contributed by atoms with Crippen LogP contribution in [0.25, 0.3) is 27.8 Å². The van der Waals surface area contributed by atoms with Crippen LogP contribution in [0.4, 0.5) is 15.9 Å². The van der Waals surface area contributed by atoms with E-state index in [9.17, 15) is 14.4 Å². The molecule has 4 heterocycles. The Morgan fingerprint density at radius 1 is 1.14 bits per heavy atom. The molecule has 12 nitrogen and oxygen atoms in total. The van der Waals surface area contributed by atoms with Crippen LogP contribution in [-0.4, -0.2) is 35.7 Å². The van der Waals surface area contributed by atoms with E-state index in [2.05, 4.69) is 25.7 Å². The van der Waals surface area contributed by atoms with E-state index in [1.165, 1.54) is 38.5 Å². The van der Waals surface area contributed by atoms with Crippen molar-refractivity contribution in [3.8, 4) is 17.1 Å². The number of aryl methyl sites for hydroxylation is 2. The van der Waals surface area contributed by atoms with Crippen molar-refractivity contribution in [3.63, 3.8) is 0 Å². The first kappa shape index (κ1) is 28.3. The third kappa shape index (κ3) is 5.40. The largest absolute Gasteiger partial charge is 0.461 e. The summed E-state index contributed by atoms with van der Waals surface area (Å²) in [5.41, 5.74) is 0.291. The lowest BCUT2D eigenvalue weighted by Gasteiger charge is -2.20. The smallest absolute Gasteiger partial charge is 0.302 e. The number of rotatable bonds is 6. The number of hydrogen-bond acceptors (Lipinski definition) is 10. The SMILES string of the molecule is CC(=O)OCc1c(-c2cc(Nc3cc(C)on3)c(=O)n(C)n2)ccnc1-n1ncc2cc(C(C)(C)C)cc(F)c2c1=O. The summed E-state index contributed by atoms with van der Waals surface area (Å²) >= 11 is 0. The summed E-state index contributed by atoms with van der Waals surface area (Å²) in [6, 6.07) is 7.79. The average molecular weight is 574 g/mol. The summed E-state index contributed by atoms with van der Waals surface area (Å²) in [4.78, 5) is 42.6. The van der Waals surface area contributed by atoms with Crippen molar-refractivity contribution < 1.29 is 18.4 Å². The summed E-state index contributed by atoms with van der Waals surface area (Å²) in [5, 5.41) is 15.7. The molecule has 0 aliphatic carbocycles. The van der Waals surface area contributed by atoms with Gasteiger partial charge in [0.1, 0.15) is 23.9 Å². The fourth-order valence-electron chi connectivity index (χ4n) is 4.43. The lowest BCUT2D eigenvalue weighted by atomic mass is 9.86. The Balaban J connectivity index is 1.70. The number of pyridine rings is 1. The molecule has 1 aromatic carbocycles. The maximum atomic E-state index is 15.3. The van der Waals surface area contributed by atoms with Crippen molar-refractivity contribution >= 4 is 28.2 Å². The zero-order valence-corrected chi connectivity index (χ0v) is 23.9. The summed E-state index contributed by atoms with van der Waals surface area (Å²) < 4.78 is 27.8. The van der Waals surface area contributed by atoms with Crippen molar-refractivity contribution in [2.75, 3.05) is 5.32 Å². The van der Waals surface area contributed by atoms with Gasteiger partial charge in [-0.15, -0.1) is 0 Å². The Bertz CT molecular complexity index is 1970. The van der Waals surface area contributed by atoms with Crippen molar-refractivity contribution in [1.82, 2.24) is 29.7 Å². The number of hydrogen-bond donors (Lipinski definition) is 1. The van der Waals surface area contributed by atoms with Crippen LogP contribution < -0.4 is 16.4 Å². The van der Waals surface area contributed by atoms with Crippen molar-refractivity contribution in [1.29, 1.82) is 0 Å². The molecule has 0 fully saturated rings. The molecule has 42 heavy (non-hydrogen) atoms. The molecular weight excluding hydrogens is 545 g/mol. The number of esters is 1. The van der Waals surface area contributed by atoms with Crippen LogP contribution in [-0.2, 0) is 28.6 Å². The Kier molecular flexibility index (Phi) is 7.19. The first-order valence-corrected chi connectivity index (χ1v) is 13.0. The fourth-order valence-corrected chi connectivity index (χ4v) is 4.43. The maximum absolute atomic E-state index is 15.3. The minimum Gasteiger partial charge on any atom is -0.461 e. The number of aromatic nitrogens is 6. The standard InChI is InChI=1S/C29H28FN7O5/c1-15-9-24(35-42-15)33-23-12-22(34-36(6)27(23)39)19-7-8-31-26(20(19)14-41-16(2)38)37-28(40)25-17(13-32-37)10-18(11-21(25)30)29(3,4)5/h7-13H,14H2,1-6H3,(H,33,35). The van der Waals surface area contributed by atoms with Crippen LogP contribution in [0.1, 0.15) is 44.6 Å². The van der Waals surface area contributed by atoms with Gasteiger partial charge in [-0.2, -0.15) is 14.9 Å². The highest BCUT2D eigenvalue weighted by Gasteiger charge is 2.23. The number of fused-ring (bicyclic) bond motifs is 1. The average Bonchev–Trinajstić information content (AvgIpc) is 3.33. The highest BCUT2D eigenvalue weighted by atomic mass is 19.1. The second-order valence-electron chi connectivity index (χ2n) is 10.8. The molecule has 0 saturated carbocycles. The fraction of sp³-hybridized carbons (Fsp3) is 0.276. The van der Waals surface area contributed by atoms with Gasteiger partial charge in [-0.3, -0.25) is 14.4 Å². The lowest BCUT2D eigenvalue weighted by molar-refractivity contribution is -0.142. The molecule has 0 bridgehead atoms. The van der Waals surface area contributed by atoms with Gasteiger partial charge < -0.3 is 14.6 Å². The molecule has 4 aromatic heterocycles. The van der Waals surface area contributed by atoms with E-state index in [0.29, 0.717) is 33.8 Å². The van der Waals surface area contributed by atoms with Crippen LogP contribution in [0.2, 0.25) is 0 Å². The number of halogens is 1. The second-order valence-corrected chi connectivity index (χ2v) is 10.8. The molecule has 216 valence electrons. The van der Waals surface area contributed by atoms with E-state index < -0.39 is 22.9 Å².